The predicted octanol–water partition coefficient (Wildman–Crippen LogP) is 7.76. The van der Waals surface area contributed by atoms with Crippen molar-refractivity contribution in [3.8, 4) is 0 Å². The van der Waals surface area contributed by atoms with E-state index in [0.717, 1.165) is 39.9 Å². The molecular weight excluding hydrogens is 449 g/mol. The number of rotatable bonds is 10. The van der Waals surface area contributed by atoms with Gasteiger partial charge in [-0.1, -0.05) is 69.3 Å². The summed E-state index contributed by atoms with van der Waals surface area (Å²) in [5, 5.41) is 0. The van der Waals surface area contributed by atoms with Crippen LogP contribution in [0.15, 0.2) is 66.7 Å². The van der Waals surface area contributed by atoms with Crippen LogP contribution in [0.4, 0.5) is 13.2 Å². The average molecular weight is 481 g/mol. The summed E-state index contributed by atoms with van der Waals surface area (Å²) in [4.78, 5) is 24.7. The lowest BCUT2D eigenvalue weighted by atomic mass is 9.90. The molecule has 0 aliphatic heterocycles. The molecule has 35 heavy (non-hydrogen) atoms. The lowest BCUT2D eigenvalue weighted by Crippen LogP contribution is -2.11. The first kappa shape index (κ1) is 26.4. The molecular formula is C30H31F3O2. The van der Waals surface area contributed by atoms with E-state index in [0.29, 0.717) is 24.8 Å². The van der Waals surface area contributed by atoms with E-state index in [9.17, 15) is 22.8 Å². The summed E-state index contributed by atoms with van der Waals surface area (Å²) in [5.41, 5.74) is 4.41. The number of halogens is 3. The molecule has 3 aromatic carbocycles. The quantitative estimate of drug-likeness (QED) is 0.278. The van der Waals surface area contributed by atoms with Gasteiger partial charge in [-0.05, 0) is 64.8 Å². The Morgan fingerprint density at radius 1 is 0.857 bits per heavy atom. The van der Waals surface area contributed by atoms with Crippen molar-refractivity contribution in [2.75, 3.05) is 0 Å². The highest BCUT2D eigenvalue weighted by molar-refractivity contribution is 5.96. The van der Waals surface area contributed by atoms with Crippen LogP contribution in [0.1, 0.15) is 83.3 Å². The van der Waals surface area contributed by atoms with Gasteiger partial charge in [0, 0.05) is 24.8 Å². The van der Waals surface area contributed by atoms with Gasteiger partial charge in [0.2, 0.25) is 0 Å². The lowest BCUT2D eigenvalue weighted by molar-refractivity contribution is -0.137. The van der Waals surface area contributed by atoms with E-state index in [-0.39, 0.29) is 30.3 Å². The zero-order chi connectivity index (χ0) is 25.6. The molecule has 0 aliphatic rings. The van der Waals surface area contributed by atoms with Crippen LogP contribution in [-0.2, 0) is 30.2 Å². The van der Waals surface area contributed by atoms with Crippen molar-refractivity contribution in [3.05, 3.63) is 106 Å². The Kier molecular flexibility index (Phi) is 8.66. The zero-order valence-corrected chi connectivity index (χ0v) is 20.4. The first-order valence-electron chi connectivity index (χ1n) is 12.0. The van der Waals surface area contributed by atoms with E-state index < -0.39 is 11.7 Å². The number of hydrogen-bond acceptors (Lipinski definition) is 2. The summed E-state index contributed by atoms with van der Waals surface area (Å²) >= 11 is 0. The Balaban J connectivity index is 1.64. The minimum absolute atomic E-state index is 0.00232. The van der Waals surface area contributed by atoms with Crippen LogP contribution in [0, 0.1) is 0 Å². The highest BCUT2D eigenvalue weighted by atomic mass is 19.4. The molecule has 1 unspecified atom stereocenters. The predicted molar refractivity (Wildman–Crippen MR) is 133 cm³/mol. The summed E-state index contributed by atoms with van der Waals surface area (Å²) in [6, 6.07) is 19.4. The SMILES string of the molecule is CCC(=O)c1cccc(Cc2ccc(C(C)CC(=O)Cc3cc(C(F)(F)F)ccc3CC)cc2)c1. The Morgan fingerprint density at radius 3 is 2.20 bits per heavy atom. The van der Waals surface area contributed by atoms with Crippen molar-refractivity contribution < 1.29 is 22.8 Å². The minimum Gasteiger partial charge on any atom is -0.299 e. The van der Waals surface area contributed by atoms with Crippen molar-refractivity contribution in [2.45, 2.75) is 65.0 Å². The van der Waals surface area contributed by atoms with E-state index in [2.05, 4.69) is 0 Å². The normalized spacial score (nSPS) is 12.4. The number of Topliss-reactive ketones (excluding diaryl/α,β-unsaturated/α-hetero) is 2. The maximum Gasteiger partial charge on any atom is 0.416 e. The van der Waals surface area contributed by atoms with Crippen LogP contribution in [-0.4, -0.2) is 11.6 Å². The van der Waals surface area contributed by atoms with Crippen LogP contribution in [0.25, 0.3) is 0 Å². The molecule has 0 saturated carbocycles. The fourth-order valence-electron chi connectivity index (χ4n) is 4.31. The zero-order valence-electron chi connectivity index (χ0n) is 20.4. The molecule has 2 nitrogen and oxygen atoms in total. The number of carbonyl (C=O) groups is 2. The average Bonchev–Trinajstić information content (AvgIpc) is 2.83. The maximum absolute atomic E-state index is 13.1. The molecule has 3 rings (SSSR count). The summed E-state index contributed by atoms with van der Waals surface area (Å²) in [6.45, 7) is 5.68. The van der Waals surface area contributed by atoms with E-state index in [4.69, 9.17) is 0 Å². The number of ketones is 2. The van der Waals surface area contributed by atoms with E-state index in [1.807, 2.05) is 69.3 Å². The topological polar surface area (TPSA) is 34.1 Å². The third-order valence-corrected chi connectivity index (χ3v) is 6.36. The van der Waals surface area contributed by atoms with Gasteiger partial charge in [0.05, 0.1) is 5.56 Å². The minimum atomic E-state index is -4.42. The van der Waals surface area contributed by atoms with Gasteiger partial charge < -0.3 is 0 Å². The smallest absolute Gasteiger partial charge is 0.299 e. The van der Waals surface area contributed by atoms with Crippen molar-refractivity contribution in [3.63, 3.8) is 0 Å². The summed E-state index contributed by atoms with van der Waals surface area (Å²) in [6.07, 6.45) is -2.41. The maximum atomic E-state index is 13.1. The fraction of sp³-hybridized carbons (Fsp3) is 0.333. The highest BCUT2D eigenvalue weighted by Gasteiger charge is 2.31. The molecule has 0 radical (unpaired) electrons. The van der Waals surface area contributed by atoms with Gasteiger partial charge in [0.25, 0.3) is 0 Å². The highest BCUT2D eigenvalue weighted by Crippen LogP contribution is 2.31. The number of benzene rings is 3. The molecule has 0 amide bonds. The Labute approximate surface area is 205 Å². The van der Waals surface area contributed by atoms with Crippen molar-refractivity contribution in [2.24, 2.45) is 0 Å². The summed E-state index contributed by atoms with van der Waals surface area (Å²) < 4.78 is 39.3. The second-order valence-electron chi connectivity index (χ2n) is 9.05. The molecule has 184 valence electrons. The van der Waals surface area contributed by atoms with Gasteiger partial charge in [0.15, 0.2) is 5.78 Å². The molecule has 5 heteroatoms. The first-order chi connectivity index (χ1) is 16.6. The molecule has 0 fully saturated rings. The van der Waals surface area contributed by atoms with E-state index >= 15 is 0 Å². The van der Waals surface area contributed by atoms with Gasteiger partial charge in [-0.2, -0.15) is 13.2 Å². The van der Waals surface area contributed by atoms with Gasteiger partial charge in [-0.3, -0.25) is 9.59 Å². The van der Waals surface area contributed by atoms with Crippen LogP contribution in [0.5, 0.6) is 0 Å². The van der Waals surface area contributed by atoms with Crippen molar-refractivity contribution >= 4 is 11.6 Å². The largest absolute Gasteiger partial charge is 0.416 e. The van der Waals surface area contributed by atoms with Gasteiger partial charge >= 0.3 is 6.18 Å². The molecule has 0 spiro atoms. The van der Waals surface area contributed by atoms with E-state index in [1.54, 1.807) is 0 Å². The van der Waals surface area contributed by atoms with Crippen LogP contribution in [0.2, 0.25) is 0 Å². The molecule has 0 bridgehead atoms. The number of aryl methyl sites for hydroxylation is 1. The first-order valence-corrected chi connectivity index (χ1v) is 12.0. The monoisotopic (exact) mass is 480 g/mol. The van der Waals surface area contributed by atoms with Crippen LogP contribution < -0.4 is 0 Å². The summed E-state index contributed by atoms with van der Waals surface area (Å²) in [5.74, 6) is 0.00261. The molecule has 1 atom stereocenters. The van der Waals surface area contributed by atoms with Gasteiger partial charge in [0.1, 0.15) is 5.78 Å². The third-order valence-electron chi connectivity index (χ3n) is 6.36. The number of carbonyl (C=O) groups excluding carboxylic acids is 2. The second kappa shape index (κ2) is 11.5. The van der Waals surface area contributed by atoms with Gasteiger partial charge in [-0.15, -0.1) is 0 Å². The number of alkyl halides is 3. The van der Waals surface area contributed by atoms with Crippen molar-refractivity contribution in [1.82, 2.24) is 0 Å². The molecule has 0 aromatic heterocycles. The Morgan fingerprint density at radius 2 is 1.57 bits per heavy atom. The fourth-order valence-corrected chi connectivity index (χ4v) is 4.31. The molecule has 3 aromatic rings. The van der Waals surface area contributed by atoms with Gasteiger partial charge in [-0.25, -0.2) is 0 Å². The van der Waals surface area contributed by atoms with Crippen LogP contribution in [0.3, 0.4) is 0 Å². The molecule has 0 aliphatic carbocycles. The van der Waals surface area contributed by atoms with Crippen molar-refractivity contribution in [1.29, 1.82) is 0 Å². The molecule has 0 saturated heterocycles. The molecule has 0 N–H and O–H groups in total. The standard InChI is InChI=1S/C30H31F3O2/c1-4-23-13-14-27(30(31,32)33)18-26(23)19-28(34)15-20(3)24-11-9-21(10-12-24)16-22-7-6-8-25(17-22)29(35)5-2/h6-14,17-18,20H,4-5,15-16,19H2,1-3H3. The lowest BCUT2D eigenvalue weighted by Gasteiger charge is -2.15. The Hall–Kier alpha value is -3.21. The van der Waals surface area contributed by atoms with Crippen LogP contribution >= 0.6 is 0 Å². The second-order valence-corrected chi connectivity index (χ2v) is 9.05. The van der Waals surface area contributed by atoms with E-state index in [1.165, 1.54) is 6.07 Å². The Bertz CT molecular complexity index is 1180. The summed E-state index contributed by atoms with van der Waals surface area (Å²) in [7, 11) is 0. The third kappa shape index (κ3) is 7.14. The molecule has 0 heterocycles. The number of hydrogen-bond donors (Lipinski definition) is 0.